The van der Waals surface area contributed by atoms with Gasteiger partial charge in [-0.3, -0.25) is 9.69 Å². The molecule has 0 radical (unpaired) electrons. The first-order valence-corrected chi connectivity index (χ1v) is 6.38. The average molecular weight is 250 g/mol. The number of halogens is 1. The predicted octanol–water partition coefficient (Wildman–Crippen LogP) is 1.93. The van der Waals surface area contributed by atoms with E-state index < -0.39 is 0 Å². The Kier molecular flexibility index (Phi) is 4.31. The summed E-state index contributed by atoms with van der Waals surface area (Å²) in [4.78, 5) is 15.3. The van der Waals surface area contributed by atoms with Crippen molar-refractivity contribution in [2.24, 2.45) is 0 Å². The largest absolute Gasteiger partial charge is 0.367 e. The molecule has 0 aliphatic carbocycles. The van der Waals surface area contributed by atoms with Gasteiger partial charge in [-0.05, 0) is 19.1 Å². The third-order valence-electron chi connectivity index (χ3n) is 3.35. The molecule has 2 rings (SSSR count). The van der Waals surface area contributed by atoms with E-state index in [-0.39, 0.29) is 11.6 Å². The number of hydrogen-bond acceptors (Lipinski definition) is 3. The molecule has 1 aromatic carbocycles. The number of benzene rings is 1. The maximum Gasteiger partial charge on any atom is 0.146 e. The maximum absolute atomic E-state index is 13.6. The lowest BCUT2D eigenvalue weighted by Gasteiger charge is -2.36. The lowest BCUT2D eigenvalue weighted by atomic mass is 10.2. The highest BCUT2D eigenvalue weighted by molar-refractivity contribution is 5.75. The van der Waals surface area contributed by atoms with Crippen molar-refractivity contribution in [3.63, 3.8) is 0 Å². The second-order valence-electron chi connectivity index (χ2n) is 4.73. The molecule has 4 heteroatoms. The van der Waals surface area contributed by atoms with E-state index in [1.54, 1.807) is 13.0 Å². The van der Waals surface area contributed by atoms with Crippen molar-refractivity contribution < 1.29 is 9.18 Å². The van der Waals surface area contributed by atoms with E-state index in [0.717, 1.165) is 32.7 Å². The van der Waals surface area contributed by atoms with E-state index in [9.17, 15) is 9.18 Å². The molecule has 1 aliphatic heterocycles. The first-order chi connectivity index (χ1) is 8.66. The van der Waals surface area contributed by atoms with Crippen LogP contribution in [-0.4, -0.2) is 43.4 Å². The van der Waals surface area contributed by atoms with Gasteiger partial charge in [-0.15, -0.1) is 0 Å². The zero-order chi connectivity index (χ0) is 13.0. The van der Waals surface area contributed by atoms with Crippen molar-refractivity contribution in [1.29, 1.82) is 0 Å². The quantitative estimate of drug-likeness (QED) is 0.815. The van der Waals surface area contributed by atoms with Crippen LogP contribution in [0.25, 0.3) is 0 Å². The minimum absolute atomic E-state index is 0.158. The van der Waals surface area contributed by atoms with Gasteiger partial charge >= 0.3 is 0 Å². The monoisotopic (exact) mass is 250 g/mol. The third-order valence-corrected chi connectivity index (χ3v) is 3.35. The van der Waals surface area contributed by atoms with E-state index in [0.29, 0.717) is 12.1 Å². The topological polar surface area (TPSA) is 23.6 Å². The van der Waals surface area contributed by atoms with Crippen LogP contribution in [0.15, 0.2) is 24.3 Å². The molecule has 0 spiro atoms. The molecule has 0 N–H and O–H groups in total. The number of carbonyl (C=O) groups excluding carboxylic acids is 1. The van der Waals surface area contributed by atoms with Gasteiger partial charge in [0.05, 0.1) is 5.69 Å². The number of rotatable bonds is 4. The van der Waals surface area contributed by atoms with Crippen molar-refractivity contribution in [2.45, 2.75) is 13.3 Å². The predicted molar refractivity (Wildman–Crippen MR) is 70.4 cm³/mol. The summed E-state index contributed by atoms with van der Waals surface area (Å²) in [6, 6.07) is 6.89. The Balaban J connectivity index is 1.87. The van der Waals surface area contributed by atoms with Crippen LogP contribution >= 0.6 is 0 Å². The zero-order valence-electron chi connectivity index (χ0n) is 10.7. The van der Waals surface area contributed by atoms with E-state index in [2.05, 4.69) is 9.80 Å². The summed E-state index contributed by atoms with van der Waals surface area (Å²) in [5, 5.41) is 0. The highest BCUT2D eigenvalue weighted by Gasteiger charge is 2.18. The Morgan fingerprint density at radius 2 is 1.89 bits per heavy atom. The normalized spacial score (nSPS) is 16.9. The smallest absolute Gasteiger partial charge is 0.146 e. The molecule has 1 fully saturated rings. The van der Waals surface area contributed by atoms with Crippen LogP contribution < -0.4 is 4.90 Å². The molecular formula is C14H19FN2O. The fourth-order valence-electron chi connectivity index (χ4n) is 2.24. The Morgan fingerprint density at radius 3 is 2.50 bits per heavy atom. The van der Waals surface area contributed by atoms with Gasteiger partial charge in [-0.25, -0.2) is 4.39 Å². The van der Waals surface area contributed by atoms with Crippen LogP contribution in [0.1, 0.15) is 13.3 Å². The van der Waals surface area contributed by atoms with Crippen LogP contribution in [0.5, 0.6) is 0 Å². The molecule has 0 saturated carbocycles. The van der Waals surface area contributed by atoms with Crippen LogP contribution in [0, 0.1) is 5.82 Å². The van der Waals surface area contributed by atoms with E-state index >= 15 is 0 Å². The molecule has 98 valence electrons. The van der Waals surface area contributed by atoms with Gasteiger partial charge in [0, 0.05) is 39.1 Å². The van der Waals surface area contributed by atoms with Gasteiger partial charge in [-0.2, -0.15) is 0 Å². The number of piperazine rings is 1. The Bertz CT molecular complexity index is 414. The maximum atomic E-state index is 13.6. The number of ketones is 1. The molecule has 1 aromatic rings. The van der Waals surface area contributed by atoms with Gasteiger partial charge in [0.2, 0.25) is 0 Å². The van der Waals surface area contributed by atoms with Crippen LogP contribution in [0.4, 0.5) is 10.1 Å². The first kappa shape index (κ1) is 13.0. The highest BCUT2D eigenvalue weighted by Crippen LogP contribution is 2.20. The van der Waals surface area contributed by atoms with E-state index in [1.807, 2.05) is 12.1 Å². The second kappa shape index (κ2) is 5.96. The number of nitrogens with zero attached hydrogens (tertiary/aromatic N) is 2. The summed E-state index contributed by atoms with van der Waals surface area (Å²) in [5.74, 6) is 0.0706. The lowest BCUT2D eigenvalue weighted by Crippen LogP contribution is -2.47. The molecule has 0 aromatic heterocycles. The standard InChI is InChI=1S/C14H19FN2O/c1-12(18)6-7-16-8-10-17(11-9-16)14-5-3-2-4-13(14)15/h2-5H,6-11H2,1H3. The van der Waals surface area contributed by atoms with Crippen molar-refractivity contribution >= 4 is 11.5 Å². The summed E-state index contributed by atoms with van der Waals surface area (Å²) < 4.78 is 13.6. The molecule has 3 nitrogen and oxygen atoms in total. The zero-order valence-corrected chi connectivity index (χ0v) is 10.7. The number of anilines is 1. The number of para-hydroxylation sites is 1. The van der Waals surface area contributed by atoms with Gasteiger partial charge in [0.1, 0.15) is 11.6 Å². The molecule has 0 bridgehead atoms. The van der Waals surface area contributed by atoms with Crippen molar-refractivity contribution in [2.75, 3.05) is 37.6 Å². The van der Waals surface area contributed by atoms with Gasteiger partial charge in [-0.1, -0.05) is 12.1 Å². The Hall–Kier alpha value is -1.42. The van der Waals surface area contributed by atoms with Crippen molar-refractivity contribution in [3.8, 4) is 0 Å². The summed E-state index contributed by atoms with van der Waals surface area (Å²) in [7, 11) is 0. The Labute approximate surface area is 107 Å². The summed E-state index contributed by atoms with van der Waals surface area (Å²) >= 11 is 0. The molecule has 1 aliphatic rings. The summed E-state index contributed by atoms with van der Waals surface area (Å²) in [5.41, 5.74) is 0.684. The number of carbonyl (C=O) groups is 1. The molecule has 0 amide bonds. The summed E-state index contributed by atoms with van der Waals surface area (Å²) in [6.45, 7) is 5.86. The van der Waals surface area contributed by atoms with Crippen LogP contribution in [0.3, 0.4) is 0 Å². The fourth-order valence-corrected chi connectivity index (χ4v) is 2.24. The number of hydrogen-bond donors (Lipinski definition) is 0. The lowest BCUT2D eigenvalue weighted by molar-refractivity contribution is -0.117. The van der Waals surface area contributed by atoms with Gasteiger partial charge in [0.15, 0.2) is 0 Å². The summed E-state index contributed by atoms with van der Waals surface area (Å²) in [6.07, 6.45) is 0.611. The molecule has 1 heterocycles. The van der Waals surface area contributed by atoms with E-state index in [1.165, 1.54) is 6.07 Å². The minimum Gasteiger partial charge on any atom is -0.367 e. The average Bonchev–Trinajstić information content (AvgIpc) is 2.38. The van der Waals surface area contributed by atoms with Gasteiger partial charge < -0.3 is 4.90 Å². The second-order valence-corrected chi connectivity index (χ2v) is 4.73. The van der Waals surface area contributed by atoms with Crippen molar-refractivity contribution in [1.82, 2.24) is 4.90 Å². The molecule has 0 unspecified atom stereocenters. The number of Topliss-reactive ketones (excluding diaryl/α,β-unsaturated/α-hetero) is 1. The SMILES string of the molecule is CC(=O)CCN1CCN(c2ccccc2F)CC1. The van der Waals surface area contributed by atoms with E-state index in [4.69, 9.17) is 0 Å². The molecule has 0 atom stereocenters. The van der Waals surface area contributed by atoms with Crippen molar-refractivity contribution in [3.05, 3.63) is 30.1 Å². The highest BCUT2D eigenvalue weighted by atomic mass is 19.1. The molecule has 1 saturated heterocycles. The minimum atomic E-state index is -0.158. The third kappa shape index (κ3) is 3.29. The van der Waals surface area contributed by atoms with Gasteiger partial charge in [0.25, 0.3) is 0 Å². The molecular weight excluding hydrogens is 231 g/mol. The first-order valence-electron chi connectivity index (χ1n) is 6.38. The van der Waals surface area contributed by atoms with Crippen LogP contribution in [-0.2, 0) is 4.79 Å². The molecule has 18 heavy (non-hydrogen) atoms. The van der Waals surface area contributed by atoms with Crippen LogP contribution in [0.2, 0.25) is 0 Å². The Morgan fingerprint density at radius 1 is 1.22 bits per heavy atom. The fraction of sp³-hybridized carbons (Fsp3) is 0.500.